The number of halogens is 4. The molecule has 1 aromatic heterocycles. The second-order valence-electron chi connectivity index (χ2n) is 7.96. The van der Waals surface area contributed by atoms with Gasteiger partial charge in [0.25, 0.3) is 5.56 Å². The summed E-state index contributed by atoms with van der Waals surface area (Å²) in [5.74, 6) is -7.04. The first-order valence-electron chi connectivity index (χ1n) is 9.94. The molecule has 32 heavy (non-hydrogen) atoms. The summed E-state index contributed by atoms with van der Waals surface area (Å²) < 4.78 is 56.7. The predicted octanol–water partition coefficient (Wildman–Crippen LogP) is 3.87. The van der Waals surface area contributed by atoms with Gasteiger partial charge in [-0.2, -0.15) is 0 Å². The second-order valence-corrected chi connectivity index (χ2v) is 9.94. The van der Waals surface area contributed by atoms with Crippen LogP contribution in [0.4, 0.5) is 23.2 Å². The van der Waals surface area contributed by atoms with E-state index < -0.39 is 40.1 Å². The van der Waals surface area contributed by atoms with Gasteiger partial charge in [-0.15, -0.1) is 0 Å². The average Bonchev–Trinajstić information content (AvgIpc) is 2.75. The van der Waals surface area contributed by atoms with Gasteiger partial charge in [-0.05, 0) is 25.3 Å². The molecule has 1 aromatic carbocycles. The van der Waals surface area contributed by atoms with Gasteiger partial charge in [-0.25, -0.2) is 17.6 Å². The van der Waals surface area contributed by atoms with Crippen molar-refractivity contribution >= 4 is 39.9 Å². The van der Waals surface area contributed by atoms with Crippen LogP contribution in [0.15, 0.2) is 29.1 Å². The second kappa shape index (κ2) is 8.86. The quantitative estimate of drug-likeness (QED) is 0.407. The number of thioether (sulfide) groups is 1. The van der Waals surface area contributed by atoms with Crippen LogP contribution in [-0.2, 0) is 11.3 Å². The molecule has 2 bridgehead atoms. The van der Waals surface area contributed by atoms with Crippen LogP contribution in [0.3, 0.4) is 0 Å². The van der Waals surface area contributed by atoms with Crippen LogP contribution in [0.1, 0.15) is 25.0 Å². The number of carbonyl (C=O) groups is 1. The topological polar surface area (TPSA) is 54.3 Å². The highest BCUT2D eigenvalue weighted by Gasteiger charge is 2.36. The average molecular weight is 486 g/mol. The maximum atomic E-state index is 13.8. The van der Waals surface area contributed by atoms with E-state index in [4.69, 9.17) is 12.2 Å². The monoisotopic (exact) mass is 485 g/mol. The van der Waals surface area contributed by atoms with Crippen molar-refractivity contribution in [2.75, 3.05) is 18.4 Å². The minimum atomic E-state index is -1.67. The Morgan fingerprint density at radius 2 is 1.84 bits per heavy atom. The van der Waals surface area contributed by atoms with Crippen molar-refractivity contribution in [2.45, 2.75) is 31.1 Å². The van der Waals surface area contributed by atoms with Crippen LogP contribution < -0.4 is 10.9 Å². The number of benzene rings is 1. The van der Waals surface area contributed by atoms with E-state index in [1.165, 1.54) is 6.92 Å². The molecule has 3 heterocycles. The predicted molar refractivity (Wildman–Crippen MR) is 118 cm³/mol. The number of rotatable bonds is 3. The first-order chi connectivity index (χ1) is 15.2. The standard InChI is InChI=1S/C21H19F4N3O2S2/c1-10(20(30)26-19-17(24)13(22)6-14(23)18(19)25)32-21(31)27-7-11-5-12(9-27)15-3-2-4-16(29)28(15)8-11/h2-4,6,10-12H,5,7-9H2,1H3,(H,26,30)/t10-,11-,12-/m0/s1. The molecule has 11 heteroatoms. The summed E-state index contributed by atoms with van der Waals surface area (Å²) in [6, 6.07) is 5.28. The Bertz CT molecular complexity index is 1130. The summed E-state index contributed by atoms with van der Waals surface area (Å²) in [5, 5.41) is 1.05. The minimum Gasteiger partial charge on any atom is -0.356 e. The number of amides is 1. The Hall–Kier alpha value is -2.40. The van der Waals surface area contributed by atoms with Crippen molar-refractivity contribution < 1.29 is 22.4 Å². The van der Waals surface area contributed by atoms with E-state index in [-0.39, 0.29) is 23.5 Å². The SMILES string of the molecule is C[C@H](SC(=S)N1C[C@@H]2C[C@@H](C1)c1cccc(=O)n1C2)C(=O)Nc1c(F)c(F)cc(F)c1F. The van der Waals surface area contributed by atoms with Crippen LogP contribution in [0.2, 0.25) is 0 Å². The van der Waals surface area contributed by atoms with Gasteiger partial charge in [0, 0.05) is 43.4 Å². The fourth-order valence-electron chi connectivity index (χ4n) is 4.23. The van der Waals surface area contributed by atoms with Crippen molar-refractivity contribution in [3.05, 3.63) is 63.6 Å². The highest BCUT2D eigenvalue weighted by molar-refractivity contribution is 8.23. The van der Waals surface area contributed by atoms with Crippen molar-refractivity contribution in [3.8, 4) is 0 Å². The summed E-state index contributed by atoms with van der Waals surface area (Å²) in [6.07, 6.45) is 0.937. The molecule has 1 saturated heterocycles. The van der Waals surface area contributed by atoms with Gasteiger partial charge in [0.05, 0.1) is 5.25 Å². The molecule has 5 nitrogen and oxygen atoms in total. The van der Waals surface area contributed by atoms with Crippen molar-refractivity contribution in [3.63, 3.8) is 0 Å². The highest BCUT2D eigenvalue weighted by atomic mass is 32.2. The van der Waals surface area contributed by atoms with Crippen LogP contribution in [-0.4, -0.2) is 38.0 Å². The number of fused-ring (bicyclic) bond motifs is 4. The van der Waals surface area contributed by atoms with E-state index >= 15 is 0 Å². The van der Waals surface area contributed by atoms with Crippen molar-refractivity contribution in [1.82, 2.24) is 9.47 Å². The number of pyridine rings is 1. The maximum Gasteiger partial charge on any atom is 0.250 e. The zero-order valence-electron chi connectivity index (χ0n) is 16.9. The van der Waals surface area contributed by atoms with Crippen molar-refractivity contribution in [1.29, 1.82) is 0 Å². The number of carbonyl (C=O) groups excluding carboxylic acids is 1. The van der Waals surface area contributed by atoms with Gasteiger partial charge < -0.3 is 14.8 Å². The van der Waals surface area contributed by atoms with E-state index in [0.29, 0.717) is 24.0 Å². The molecule has 0 saturated carbocycles. The van der Waals surface area contributed by atoms with E-state index in [0.717, 1.165) is 23.9 Å². The molecule has 0 spiro atoms. The lowest BCUT2D eigenvalue weighted by Gasteiger charge is -2.43. The number of piperidine rings is 1. The Balaban J connectivity index is 1.43. The molecule has 170 valence electrons. The first-order valence-corrected chi connectivity index (χ1v) is 11.2. The summed E-state index contributed by atoms with van der Waals surface area (Å²) >= 11 is 6.52. The van der Waals surface area contributed by atoms with E-state index in [2.05, 4.69) is 0 Å². The number of aromatic nitrogens is 1. The Morgan fingerprint density at radius 1 is 1.16 bits per heavy atom. The fourth-order valence-corrected chi connectivity index (χ4v) is 5.58. The molecular weight excluding hydrogens is 466 g/mol. The number of nitrogens with zero attached hydrogens (tertiary/aromatic N) is 2. The van der Waals surface area contributed by atoms with Gasteiger partial charge in [-0.3, -0.25) is 9.59 Å². The molecule has 0 radical (unpaired) electrons. The van der Waals surface area contributed by atoms with Gasteiger partial charge in [0.15, 0.2) is 23.3 Å². The lowest BCUT2D eigenvalue weighted by atomic mass is 9.83. The molecular formula is C21H19F4N3O2S2. The lowest BCUT2D eigenvalue weighted by molar-refractivity contribution is -0.115. The van der Waals surface area contributed by atoms with Crippen LogP contribution in [0.25, 0.3) is 0 Å². The summed E-state index contributed by atoms with van der Waals surface area (Å²) in [6.45, 7) is 3.28. The third-order valence-electron chi connectivity index (χ3n) is 5.74. The summed E-state index contributed by atoms with van der Waals surface area (Å²) in [7, 11) is 0. The molecule has 2 aromatic rings. The fraction of sp³-hybridized carbons (Fsp3) is 0.381. The third kappa shape index (κ3) is 4.27. The van der Waals surface area contributed by atoms with Gasteiger partial charge in [0.1, 0.15) is 10.0 Å². The van der Waals surface area contributed by atoms with Gasteiger partial charge >= 0.3 is 0 Å². The summed E-state index contributed by atoms with van der Waals surface area (Å²) in [4.78, 5) is 26.5. The number of thiocarbonyl (C=S) groups is 1. The summed E-state index contributed by atoms with van der Waals surface area (Å²) in [5.41, 5.74) is -0.238. The Labute approximate surface area is 190 Å². The molecule has 0 unspecified atom stereocenters. The maximum absolute atomic E-state index is 13.8. The molecule has 1 amide bonds. The normalized spacial score (nSPS) is 20.5. The lowest BCUT2D eigenvalue weighted by Crippen LogP contribution is -2.48. The molecule has 2 aliphatic heterocycles. The van der Waals surface area contributed by atoms with Crippen LogP contribution >= 0.6 is 24.0 Å². The number of anilines is 1. The Kier molecular flexibility index (Phi) is 6.30. The number of hydrogen-bond donors (Lipinski definition) is 1. The molecule has 2 aliphatic rings. The number of hydrogen-bond acceptors (Lipinski definition) is 4. The smallest absolute Gasteiger partial charge is 0.250 e. The largest absolute Gasteiger partial charge is 0.356 e. The zero-order valence-corrected chi connectivity index (χ0v) is 18.5. The van der Waals surface area contributed by atoms with Crippen LogP contribution in [0, 0.1) is 29.2 Å². The highest BCUT2D eigenvalue weighted by Crippen LogP contribution is 2.36. The number of nitrogens with one attached hydrogen (secondary N) is 1. The van der Waals surface area contributed by atoms with E-state index in [1.54, 1.807) is 16.7 Å². The molecule has 0 aliphatic carbocycles. The number of likely N-dealkylation sites (tertiary alicyclic amines) is 1. The Morgan fingerprint density at radius 3 is 2.53 bits per heavy atom. The van der Waals surface area contributed by atoms with Crippen LogP contribution in [0.5, 0.6) is 0 Å². The zero-order chi connectivity index (χ0) is 23.2. The van der Waals surface area contributed by atoms with E-state index in [1.807, 2.05) is 16.3 Å². The first kappa shape index (κ1) is 22.8. The molecule has 3 atom stereocenters. The third-order valence-corrected chi connectivity index (χ3v) is 7.32. The molecule has 1 fully saturated rings. The molecule has 4 rings (SSSR count). The molecule has 1 N–H and O–H groups in total. The minimum absolute atomic E-state index is 0.0267. The van der Waals surface area contributed by atoms with Gasteiger partial charge in [0.2, 0.25) is 5.91 Å². The van der Waals surface area contributed by atoms with Gasteiger partial charge in [-0.1, -0.05) is 30.0 Å². The van der Waals surface area contributed by atoms with E-state index in [9.17, 15) is 27.2 Å². The van der Waals surface area contributed by atoms with Crippen molar-refractivity contribution in [2.24, 2.45) is 5.92 Å².